The zero-order chi connectivity index (χ0) is 14.4. The van der Waals surface area contributed by atoms with Gasteiger partial charge < -0.3 is 10.5 Å². The van der Waals surface area contributed by atoms with Crippen molar-refractivity contribution < 1.29 is 4.74 Å². The number of nitrogens with two attached hydrogens (primary N) is 1. The van der Waals surface area contributed by atoms with Crippen LogP contribution in [0.2, 0.25) is 0 Å². The fraction of sp³-hybridized carbons (Fsp3) is 1.00. The van der Waals surface area contributed by atoms with Gasteiger partial charge >= 0.3 is 0 Å². The number of morpholine rings is 1. The largest absolute Gasteiger partial charge is 0.375 e. The highest BCUT2D eigenvalue weighted by Crippen LogP contribution is 2.35. The topological polar surface area (TPSA) is 38.5 Å². The predicted molar refractivity (Wildman–Crippen MR) is 84.9 cm³/mol. The Morgan fingerprint density at radius 2 is 2.00 bits per heavy atom. The second kappa shape index (κ2) is 7.77. The molecule has 0 spiro atoms. The second-order valence-electron chi connectivity index (χ2n) is 6.97. The van der Waals surface area contributed by atoms with Crippen LogP contribution in [0.3, 0.4) is 0 Å². The summed E-state index contributed by atoms with van der Waals surface area (Å²) in [5, 5.41) is 0. The van der Waals surface area contributed by atoms with Crippen LogP contribution < -0.4 is 5.73 Å². The van der Waals surface area contributed by atoms with E-state index in [4.69, 9.17) is 10.5 Å². The van der Waals surface area contributed by atoms with E-state index in [1.807, 2.05) is 0 Å². The fourth-order valence-electron chi connectivity index (χ4n) is 4.07. The van der Waals surface area contributed by atoms with Crippen LogP contribution in [0.1, 0.15) is 71.6 Å². The Hall–Kier alpha value is -0.120. The van der Waals surface area contributed by atoms with Crippen LogP contribution >= 0.6 is 0 Å². The molecule has 3 nitrogen and oxygen atoms in total. The quantitative estimate of drug-likeness (QED) is 0.694. The Labute approximate surface area is 125 Å². The van der Waals surface area contributed by atoms with Crippen LogP contribution in [0.25, 0.3) is 0 Å². The van der Waals surface area contributed by atoms with Crippen LogP contribution in [0.5, 0.6) is 0 Å². The normalized spacial score (nSPS) is 30.1. The van der Waals surface area contributed by atoms with E-state index in [2.05, 4.69) is 18.7 Å². The third kappa shape index (κ3) is 3.75. The predicted octanol–water partition coefficient (Wildman–Crippen LogP) is 3.32. The summed E-state index contributed by atoms with van der Waals surface area (Å²) in [5.41, 5.74) is 6.36. The summed E-state index contributed by atoms with van der Waals surface area (Å²) in [6.45, 7) is 7.41. The SMILES string of the molecule is CCCCCCCC(C)(CN)N1CCOC2CCCC21. The van der Waals surface area contributed by atoms with Crippen molar-refractivity contribution in [2.24, 2.45) is 5.73 Å². The standard InChI is InChI=1S/C17H34N2O/c1-3-4-5-6-7-11-17(2,14-18)19-12-13-20-16-10-8-9-15(16)19/h15-16H,3-14,18H2,1-2H3. The monoisotopic (exact) mass is 282 g/mol. The molecule has 1 heterocycles. The first-order valence-corrected chi connectivity index (χ1v) is 8.79. The van der Waals surface area contributed by atoms with Gasteiger partial charge in [0, 0.05) is 24.7 Å². The number of hydrogen-bond donors (Lipinski definition) is 1. The lowest BCUT2D eigenvalue weighted by Crippen LogP contribution is -2.61. The van der Waals surface area contributed by atoms with Crippen LogP contribution in [0.15, 0.2) is 0 Å². The maximum absolute atomic E-state index is 6.18. The van der Waals surface area contributed by atoms with E-state index in [1.165, 1.54) is 57.8 Å². The maximum atomic E-state index is 6.18. The number of fused-ring (bicyclic) bond motifs is 1. The molecule has 20 heavy (non-hydrogen) atoms. The molecule has 0 radical (unpaired) electrons. The van der Waals surface area contributed by atoms with Crippen LogP contribution in [0.4, 0.5) is 0 Å². The number of ether oxygens (including phenoxy) is 1. The molecule has 118 valence electrons. The molecule has 0 bridgehead atoms. The molecular formula is C17H34N2O. The molecule has 1 aliphatic heterocycles. The number of nitrogens with zero attached hydrogens (tertiary/aromatic N) is 1. The first-order chi connectivity index (χ1) is 9.71. The van der Waals surface area contributed by atoms with Crippen molar-refractivity contribution >= 4 is 0 Å². The molecule has 3 atom stereocenters. The van der Waals surface area contributed by atoms with Crippen LogP contribution in [-0.4, -0.2) is 42.3 Å². The van der Waals surface area contributed by atoms with E-state index in [1.54, 1.807) is 0 Å². The molecule has 0 aromatic rings. The van der Waals surface area contributed by atoms with Gasteiger partial charge in [-0.05, 0) is 32.6 Å². The zero-order valence-electron chi connectivity index (χ0n) is 13.6. The average molecular weight is 282 g/mol. The Morgan fingerprint density at radius 1 is 1.20 bits per heavy atom. The van der Waals surface area contributed by atoms with E-state index in [0.29, 0.717) is 12.1 Å². The van der Waals surface area contributed by atoms with Gasteiger partial charge in [-0.15, -0.1) is 0 Å². The molecule has 2 N–H and O–H groups in total. The highest BCUT2D eigenvalue weighted by atomic mass is 16.5. The van der Waals surface area contributed by atoms with Crippen molar-refractivity contribution in [1.82, 2.24) is 4.90 Å². The summed E-state index contributed by atoms with van der Waals surface area (Å²) in [7, 11) is 0. The molecule has 3 unspecified atom stereocenters. The summed E-state index contributed by atoms with van der Waals surface area (Å²) < 4.78 is 5.95. The number of hydrogen-bond acceptors (Lipinski definition) is 3. The van der Waals surface area contributed by atoms with Gasteiger partial charge in [0.1, 0.15) is 0 Å². The minimum atomic E-state index is 0.184. The molecule has 0 aromatic heterocycles. The Bertz CT molecular complexity index is 284. The van der Waals surface area contributed by atoms with E-state index < -0.39 is 0 Å². The molecule has 2 aliphatic rings. The summed E-state index contributed by atoms with van der Waals surface area (Å²) >= 11 is 0. The Morgan fingerprint density at radius 3 is 2.75 bits per heavy atom. The van der Waals surface area contributed by atoms with E-state index in [-0.39, 0.29) is 5.54 Å². The first kappa shape index (κ1) is 16.3. The summed E-state index contributed by atoms with van der Waals surface area (Å²) in [6, 6.07) is 0.632. The highest BCUT2D eigenvalue weighted by molar-refractivity contribution is 4.98. The molecule has 0 amide bonds. The number of unbranched alkanes of at least 4 members (excludes halogenated alkanes) is 4. The summed E-state index contributed by atoms with van der Waals surface area (Å²) in [5.74, 6) is 0. The molecule has 2 rings (SSSR count). The fourth-order valence-corrected chi connectivity index (χ4v) is 4.07. The first-order valence-electron chi connectivity index (χ1n) is 8.79. The van der Waals surface area contributed by atoms with Gasteiger partial charge in [-0.25, -0.2) is 0 Å². The minimum absolute atomic E-state index is 0.184. The lowest BCUT2D eigenvalue weighted by Gasteiger charge is -2.49. The molecule has 3 heteroatoms. The highest BCUT2D eigenvalue weighted by Gasteiger charge is 2.43. The van der Waals surface area contributed by atoms with Gasteiger partial charge in [0.05, 0.1) is 12.7 Å². The van der Waals surface area contributed by atoms with Gasteiger partial charge in [0.25, 0.3) is 0 Å². The van der Waals surface area contributed by atoms with Crippen molar-refractivity contribution in [1.29, 1.82) is 0 Å². The minimum Gasteiger partial charge on any atom is -0.375 e. The average Bonchev–Trinajstić information content (AvgIpc) is 2.95. The van der Waals surface area contributed by atoms with Gasteiger partial charge in [0.15, 0.2) is 0 Å². The Kier molecular flexibility index (Phi) is 6.31. The van der Waals surface area contributed by atoms with Crippen LogP contribution in [0, 0.1) is 0 Å². The van der Waals surface area contributed by atoms with Crippen molar-refractivity contribution in [3.63, 3.8) is 0 Å². The molecular weight excluding hydrogens is 248 g/mol. The van der Waals surface area contributed by atoms with Crippen molar-refractivity contribution in [3.8, 4) is 0 Å². The Balaban J connectivity index is 1.87. The van der Waals surface area contributed by atoms with E-state index in [0.717, 1.165) is 19.7 Å². The molecule has 1 aliphatic carbocycles. The van der Waals surface area contributed by atoms with Gasteiger partial charge in [0.2, 0.25) is 0 Å². The molecule has 1 saturated carbocycles. The molecule has 1 saturated heterocycles. The lowest BCUT2D eigenvalue weighted by molar-refractivity contribution is -0.0955. The third-order valence-electron chi connectivity index (χ3n) is 5.43. The van der Waals surface area contributed by atoms with E-state index >= 15 is 0 Å². The molecule has 2 fully saturated rings. The van der Waals surface area contributed by atoms with E-state index in [9.17, 15) is 0 Å². The number of rotatable bonds is 8. The summed E-state index contributed by atoms with van der Waals surface area (Å²) in [6.07, 6.45) is 12.4. The second-order valence-corrected chi connectivity index (χ2v) is 6.97. The molecule has 0 aromatic carbocycles. The van der Waals surface area contributed by atoms with Crippen molar-refractivity contribution in [3.05, 3.63) is 0 Å². The smallest absolute Gasteiger partial charge is 0.0731 e. The van der Waals surface area contributed by atoms with Crippen molar-refractivity contribution in [2.45, 2.75) is 89.3 Å². The third-order valence-corrected chi connectivity index (χ3v) is 5.43. The maximum Gasteiger partial charge on any atom is 0.0731 e. The zero-order valence-corrected chi connectivity index (χ0v) is 13.6. The van der Waals surface area contributed by atoms with Gasteiger partial charge in [-0.1, -0.05) is 39.0 Å². The van der Waals surface area contributed by atoms with Gasteiger partial charge in [-0.2, -0.15) is 0 Å². The van der Waals surface area contributed by atoms with Crippen LogP contribution in [-0.2, 0) is 4.74 Å². The summed E-state index contributed by atoms with van der Waals surface area (Å²) in [4.78, 5) is 2.70. The lowest BCUT2D eigenvalue weighted by atomic mass is 9.89. The van der Waals surface area contributed by atoms with Gasteiger partial charge in [-0.3, -0.25) is 4.90 Å². The van der Waals surface area contributed by atoms with Crippen molar-refractivity contribution in [2.75, 3.05) is 19.7 Å².